The minimum absolute atomic E-state index is 0.150. The van der Waals surface area contributed by atoms with E-state index < -0.39 is 5.54 Å². The number of carbonyl (C=O) groups is 1. The molecule has 5 heteroatoms. The lowest BCUT2D eigenvalue weighted by atomic mass is 9.82. The van der Waals surface area contributed by atoms with E-state index in [-0.39, 0.29) is 5.91 Å². The first-order chi connectivity index (χ1) is 10.6. The highest BCUT2D eigenvalue weighted by Crippen LogP contribution is 2.36. The Hall–Kier alpha value is -0.810. The number of carbonyl (C=O) groups excluding carboxylic acids is 1. The lowest BCUT2D eigenvalue weighted by Crippen LogP contribution is -2.47. The molecule has 3 aliphatic rings. The van der Waals surface area contributed by atoms with E-state index in [1.807, 2.05) is 6.92 Å². The fraction of sp³-hybridized carbons (Fsp3) is 0.765. The van der Waals surface area contributed by atoms with Crippen LogP contribution in [0.1, 0.15) is 52.4 Å². The van der Waals surface area contributed by atoms with Crippen LogP contribution in [0.3, 0.4) is 0 Å². The Morgan fingerprint density at radius 1 is 1.27 bits per heavy atom. The van der Waals surface area contributed by atoms with Crippen LogP contribution in [0, 0.1) is 11.8 Å². The van der Waals surface area contributed by atoms with E-state index in [4.69, 9.17) is 4.99 Å². The van der Waals surface area contributed by atoms with Gasteiger partial charge in [-0.2, -0.15) is 0 Å². The molecule has 1 aliphatic carbocycles. The van der Waals surface area contributed by atoms with E-state index in [2.05, 4.69) is 28.0 Å². The molecule has 1 saturated heterocycles. The van der Waals surface area contributed by atoms with Gasteiger partial charge in [-0.3, -0.25) is 9.79 Å². The molecule has 0 unspecified atom stereocenters. The zero-order valence-electron chi connectivity index (χ0n) is 13.7. The zero-order valence-corrected chi connectivity index (χ0v) is 14.5. The van der Waals surface area contributed by atoms with Gasteiger partial charge >= 0.3 is 0 Å². The van der Waals surface area contributed by atoms with Crippen LogP contribution in [0.25, 0.3) is 0 Å². The first-order valence-electron chi connectivity index (χ1n) is 8.57. The number of amides is 1. The molecule has 1 spiro atoms. The summed E-state index contributed by atoms with van der Waals surface area (Å²) in [5, 5.41) is 5.23. The molecule has 1 N–H and O–H groups in total. The number of hydrogen-bond donors (Lipinski definition) is 1. The van der Waals surface area contributed by atoms with Gasteiger partial charge in [0.2, 0.25) is 0 Å². The summed E-state index contributed by atoms with van der Waals surface area (Å²) in [6, 6.07) is 0. The van der Waals surface area contributed by atoms with E-state index >= 15 is 0 Å². The maximum atomic E-state index is 12.5. The molecule has 22 heavy (non-hydrogen) atoms. The van der Waals surface area contributed by atoms with Gasteiger partial charge in [0.05, 0.1) is 0 Å². The number of nitrogens with zero attached hydrogens (tertiary/aromatic N) is 2. The molecule has 2 heterocycles. The molecule has 2 aliphatic heterocycles. The molecule has 3 rings (SSSR count). The summed E-state index contributed by atoms with van der Waals surface area (Å²) >= 11 is 1.74. The molecule has 0 aromatic rings. The summed E-state index contributed by atoms with van der Waals surface area (Å²) in [6.45, 7) is 6.22. The van der Waals surface area contributed by atoms with E-state index in [0.29, 0.717) is 5.92 Å². The van der Waals surface area contributed by atoms with Crippen LogP contribution >= 0.6 is 11.9 Å². The Kier molecular flexibility index (Phi) is 4.93. The monoisotopic (exact) mass is 321 g/mol. The Morgan fingerprint density at radius 3 is 2.59 bits per heavy atom. The normalized spacial score (nSPS) is 32.5. The van der Waals surface area contributed by atoms with E-state index in [1.165, 1.54) is 25.7 Å². The highest BCUT2D eigenvalue weighted by Gasteiger charge is 2.46. The van der Waals surface area contributed by atoms with Gasteiger partial charge in [-0.1, -0.05) is 37.8 Å². The first-order valence-corrected chi connectivity index (χ1v) is 9.41. The van der Waals surface area contributed by atoms with Crippen molar-refractivity contribution in [3.8, 4) is 0 Å². The Morgan fingerprint density at radius 2 is 1.95 bits per heavy atom. The van der Waals surface area contributed by atoms with Crippen molar-refractivity contribution >= 4 is 23.7 Å². The summed E-state index contributed by atoms with van der Waals surface area (Å²) in [6.07, 6.45) is 8.63. The summed E-state index contributed by atoms with van der Waals surface area (Å²) in [5.74, 6) is 2.45. The van der Waals surface area contributed by atoms with Crippen LogP contribution in [-0.4, -0.2) is 34.7 Å². The Balaban J connectivity index is 1.63. The molecule has 0 radical (unpaired) electrons. The van der Waals surface area contributed by atoms with Crippen LogP contribution in [0.2, 0.25) is 0 Å². The number of piperidine rings is 1. The van der Waals surface area contributed by atoms with Crippen LogP contribution in [0.5, 0.6) is 0 Å². The number of hydrogen-bond acceptors (Lipinski definition) is 4. The topological polar surface area (TPSA) is 44.7 Å². The van der Waals surface area contributed by atoms with Gasteiger partial charge in [-0.25, -0.2) is 4.31 Å². The fourth-order valence-corrected chi connectivity index (χ4v) is 4.40. The predicted molar refractivity (Wildman–Crippen MR) is 92.6 cm³/mol. The molecule has 2 fully saturated rings. The van der Waals surface area contributed by atoms with E-state index in [1.54, 1.807) is 11.9 Å². The SMILES string of the molecule is C/C=C/SN1CCC2(CC1)N=C(C1CCC(C)CC1)NC2=O. The first kappa shape index (κ1) is 16.1. The number of aliphatic imine (C=N–C) groups is 1. The maximum Gasteiger partial charge on any atom is 0.253 e. The average molecular weight is 321 g/mol. The van der Waals surface area contributed by atoms with Gasteiger partial charge in [0, 0.05) is 19.0 Å². The van der Waals surface area contributed by atoms with Gasteiger partial charge in [0.25, 0.3) is 5.91 Å². The summed E-state index contributed by atoms with van der Waals surface area (Å²) < 4.78 is 2.33. The van der Waals surface area contributed by atoms with E-state index in [9.17, 15) is 4.79 Å². The minimum Gasteiger partial charge on any atom is -0.312 e. The summed E-state index contributed by atoms with van der Waals surface area (Å²) in [5.41, 5.74) is -0.467. The highest BCUT2D eigenvalue weighted by molar-refractivity contribution is 7.99. The zero-order chi connectivity index (χ0) is 15.6. The highest BCUT2D eigenvalue weighted by atomic mass is 32.2. The number of amidine groups is 1. The van der Waals surface area contributed by atoms with Crippen LogP contribution in [-0.2, 0) is 4.79 Å². The Labute approximate surface area is 137 Å². The van der Waals surface area contributed by atoms with Crippen molar-refractivity contribution in [3.05, 3.63) is 11.5 Å². The van der Waals surface area contributed by atoms with Crippen molar-refractivity contribution in [2.24, 2.45) is 16.8 Å². The third kappa shape index (κ3) is 3.25. The largest absolute Gasteiger partial charge is 0.312 e. The maximum absolute atomic E-state index is 12.5. The number of nitrogens with one attached hydrogen (secondary N) is 1. The van der Waals surface area contributed by atoms with Gasteiger partial charge in [-0.15, -0.1) is 0 Å². The molecule has 0 aromatic heterocycles. The quantitative estimate of drug-likeness (QED) is 0.811. The lowest BCUT2D eigenvalue weighted by molar-refractivity contribution is -0.124. The summed E-state index contributed by atoms with van der Waals surface area (Å²) in [4.78, 5) is 17.4. The van der Waals surface area contributed by atoms with Crippen molar-refractivity contribution < 1.29 is 4.79 Å². The third-order valence-corrected chi connectivity index (χ3v) is 6.35. The third-order valence-electron chi connectivity index (χ3n) is 5.30. The second-order valence-corrected chi connectivity index (χ2v) is 7.94. The molecule has 122 valence electrons. The predicted octanol–water partition coefficient (Wildman–Crippen LogP) is 3.36. The van der Waals surface area contributed by atoms with Crippen LogP contribution < -0.4 is 5.32 Å². The van der Waals surface area contributed by atoms with Crippen molar-refractivity contribution in [1.29, 1.82) is 0 Å². The molecule has 4 nitrogen and oxygen atoms in total. The van der Waals surface area contributed by atoms with Gasteiger partial charge in [0.1, 0.15) is 11.4 Å². The van der Waals surface area contributed by atoms with Gasteiger partial charge in [-0.05, 0) is 43.9 Å². The van der Waals surface area contributed by atoms with Gasteiger partial charge in [0.15, 0.2) is 0 Å². The lowest BCUT2D eigenvalue weighted by Gasteiger charge is -2.34. The van der Waals surface area contributed by atoms with Crippen LogP contribution in [0.4, 0.5) is 0 Å². The summed E-state index contributed by atoms with van der Waals surface area (Å²) in [7, 11) is 0. The van der Waals surface area contributed by atoms with Crippen molar-refractivity contribution in [2.75, 3.05) is 13.1 Å². The second-order valence-electron chi connectivity index (χ2n) is 6.94. The van der Waals surface area contributed by atoms with Crippen molar-refractivity contribution in [2.45, 2.75) is 57.9 Å². The van der Waals surface area contributed by atoms with E-state index in [0.717, 1.165) is 37.7 Å². The fourth-order valence-electron chi connectivity index (χ4n) is 3.72. The molecule has 1 amide bonds. The molecular formula is C17H27N3OS. The number of rotatable bonds is 3. The van der Waals surface area contributed by atoms with Crippen molar-refractivity contribution in [3.63, 3.8) is 0 Å². The molecule has 0 atom stereocenters. The smallest absolute Gasteiger partial charge is 0.253 e. The average Bonchev–Trinajstić information content (AvgIpc) is 2.84. The standard InChI is InChI=1S/C17H27N3OS/c1-3-12-22-20-10-8-17(9-11-20)16(21)18-15(19-17)14-6-4-13(2)5-7-14/h3,12-14H,4-11H2,1-2H3,(H,18,19,21)/b12-3+. The minimum atomic E-state index is -0.467. The van der Waals surface area contributed by atoms with Gasteiger partial charge < -0.3 is 5.32 Å². The molecule has 0 aromatic carbocycles. The Bertz CT molecular complexity index is 472. The number of allylic oxidation sites excluding steroid dienone is 1. The van der Waals surface area contributed by atoms with Crippen molar-refractivity contribution in [1.82, 2.24) is 9.62 Å². The molecular weight excluding hydrogens is 294 g/mol. The molecule has 0 bridgehead atoms. The second kappa shape index (κ2) is 6.75. The van der Waals surface area contributed by atoms with Crippen LogP contribution in [0.15, 0.2) is 16.5 Å². The molecule has 1 saturated carbocycles.